The third-order valence-corrected chi connectivity index (χ3v) is 2.84. The van der Waals surface area contributed by atoms with Gasteiger partial charge in [-0.3, -0.25) is 0 Å². The van der Waals surface area contributed by atoms with Gasteiger partial charge in [0, 0.05) is 18.4 Å². The molecule has 1 aromatic rings. The van der Waals surface area contributed by atoms with Crippen molar-refractivity contribution in [3.63, 3.8) is 0 Å². The van der Waals surface area contributed by atoms with Crippen LogP contribution in [0.5, 0.6) is 0 Å². The minimum absolute atomic E-state index is 1.11. The zero-order valence-electron chi connectivity index (χ0n) is 10.7. The van der Waals surface area contributed by atoms with Gasteiger partial charge in [-0.25, -0.2) is 0 Å². The van der Waals surface area contributed by atoms with Crippen LogP contribution in [0.1, 0.15) is 27.2 Å². The van der Waals surface area contributed by atoms with Crippen LogP contribution in [-0.2, 0) is 0 Å². The summed E-state index contributed by atoms with van der Waals surface area (Å²) in [5.74, 6) is 0. The van der Waals surface area contributed by atoms with Crippen LogP contribution in [0, 0.1) is 0 Å². The van der Waals surface area contributed by atoms with Crippen molar-refractivity contribution in [3.05, 3.63) is 53.8 Å². The summed E-state index contributed by atoms with van der Waals surface area (Å²) in [6.07, 6.45) is 5.47. The van der Waals surface area contributed by atoms with E-state index in [1.165, 1.54) is 17.0 Å². The fourth-order valence-electron chi connectivity index (χ4n) is 1.35. The number of hydrogen-bond donors (Lipinski definition) is 0. The van der Waals surface area contributed by atoms with E-state index in [-0.39, 0.29) is 0 Å². The monoisotopic (exact) mass is 215 g/mol. The number of rotatable bonds is 4. The first-order valence-electron chi connectivity index (χ1n) is 5.78. The largest absolute Gasteiger partial charge is 0.348 e. The first-order valence-corrected chi connectivity index (χ1v) is 5.78. The zero-order valence-corrected chi connectivity index (χ0v) is 10.7. The highest BCUT2D eigenvalue weighted by Gasteiger charge is 1.99. The lowest BCUT2D eigenvalue weighted by molar-refractivity contribution is 1.08. The van der Waals surface area contributed by atoms with Crippen molar-refractivity contribution in [2.45, 2.75) is 27.2 Å². The fraction of sp³-hybridized carbons (Fsp3) is 0.333. The molecule has 0 saturated carbocycles. The van der Waals surface area contributed by atoms with Gasteiger partial charge in [-0.15, -0.1) is 0 Å². The molecule has 1 nitrogen and oxygen atoms in total. The lowest BCUT2D eigenvalue weighted by Gasteiger charge is -2.19. The van der Waals surface area contributed by atoms with E-state index in [0.717, 1.165) is 6.42 Å². The van der Waals surface area contributed by atoms with Crippen LogP contribution in [-0.4, -0.2) is 7.05 Å². The highest BCUT2D eigenvalue weighted by Crippen LogP contribution is 2.16. The molecule has 0 unspecified atom stereocenters. The van der Waals surface area contributed by atoms with Crippen LogP contribution in [0.2, 0.25) is 0 Å². The van der Waals surface area contributed by atoms with Crippen LogP contribution in [0.15, 0.2) is 53.8 Å². The molecule has 0 spiro atoms. The maximum absolute atomic E-state index is 2.19. The maximum Gasteiger partial charge on any atom is 0.0405 e. The summed E-state index contributed by atoms with van der Waals surface area (Å²) in [5, 5.41) is 0. The average Bonchev–Trinajstić information content (AvgIpc) is 2.35. The molecule has 0 aliphatic heterocycles. The number of hydrogen-bond acceptors (Lipinski definition) is 1. The molecule has 0 heterocycles. The standard InChI is InChI=1S/C15H21N/c1-5-13(2)11-12-14(3)16(4)15-9-7-6-8-10-15/h6-12H,5H2,1-4H3/b13-11-,14-12-. The molecule has 0 atom stereocenters. The SMILES string of the molecule is CC/C(C)=C\C=C(\C)N(C)c1ccccc1. The Bertz CT molecular complexity index is 374. The number of allylic oxidation sites excluding steroid dienone is 4. The van der Waals surface area contributed by atoms with E-state index < -0.39 is 0 Å². The zero-order chi connectivity index (χ0) is 12.0. The molecular formula is C15H21N. The Morgan fingerprint density at radius 2 is 1.75 bits per heavy atom. The van der Waals surface area contributed by atoms with E-state index in [9.17, 15) is 0 Å². The third-order valence-electron chi connectivity index (χ3n) is 2.84. The Labute approximate surface area is 99.1 Å². The van der Waals surface area contributed by atoms with Crippen LogP contribution >= 0.6 is 0 Å². The van der Waals surface area contributed by atoms with E-state index in [4.69, 9.17) is 0 Å². The summed E-state index contributed by atoms with van der Waals surface area (Å²) in [7, 11) is 2.09. The van der Waals surface area contributed by atoms with Gasteiger partial charge in [-0.1, -0.05) is 36.8 Å². The van der Waals surface area contributed by atoms with E-state index in [1.807, 2.05) is 6.07 Å². The van der Waals surface area contributed by atoms with Gasteiger partial charge in [0.05, 0.1) is 0 Å². The van der Waals surface area contributed by atoms with Gasteiger partial charge in [0.2, 0.25) is 0 Å². The molecule has 86 valence electrons. The first kappa shape index (κ1) is 12.6. The predicted octanol–water partition coefficient (Wildman–Crippen LogP) is 4.38. The van der Waals surface area contributed by atoms with Gasteiger partial charge in [0.15, 0.2) is 0 Å². The van der Waals surface area contributed by atoms with Crippen LogP contribution in [0.25, 0.3) is 0 Å². The molecule has 16 heavy (non-hydrogen) atoms. The van der Waals surface area contributed by atoms with Crippen LogP contribution in [0.4, 0.5) is 5.69 Å². The lowest BCUT2D eigenvalue weighted by atomic mass is 10.2. The molecule has 1 heteroatoms. The number of benzene rings is 1. The lowest BCUT2D eigenvalue weighted by Crippen LogP contribution is -2.13. The Kier molecular flexibility index (Phi) is 4.84. The molecular weight excluding hydrogens is 194 g/mol. The van der Waals surface area contributed by atoms with Crippen molar-refractivity contribution in [2.75, 3.05) is 11.9 Å². The second kappa shape index (κ2) is 6.16. The molecule has 0 aromatic heterocycles. The van der Waals surface area contributed by atoms with Crippen molar-refractivity contribution in [1.82, 2.24) is 0 Å². The summed E-state index contributed by atoms with van der Waals surface area (Å²) < 4.78 is 0. The van der Waals surface area contributed by atoms with E-state index in [0.29, 0.717) is 0 Å². The molecule has 0 aliphatic carbocycles. The topological polar surface area (TPSA) is 3.24 Å². The highest BCUT2D eigenvalue weighted by molar-refractivity contribution is 5.50. The Balaban J connectivity index is 2.79. The summed E-state index contributed by atoms with van der Waals surface area (Å²) in [6, 6.07) is 10.4. The molecule has 0 N–H and O–H groups in total. The minimum atomic E-state index is 1.11. The van der Waals surface area contributed by atoms with E-state index in [2.05, 4.69) is 69.1 Å². The Hall–Kier alpha value is -1.50. The number of anilines is 1. The molecule has 0 saturated heterocycles. The molecule has 1 aromatic carbocycles. The van der Waals surface area contributed by atoms with E-state index in [1.54, 1.807) is 0 Å². The van der Waals surface area contributed by atoms with E-state index >= 15 is 0 Å². The summed E-state index contributed by atoms with van der Waals surface area (Å²) in [5.41, 5.74) is 3.87. The third kappa shape index (κ3) is 3.58. The van der Waals surface area contributed by atoms with Gasteiger partial charge in [0.25, 0.3) is 0 Å². The molecule has 0 bridgehead atoms. The van der Waals surface area contributed by atoms with Crippen LogP contribution < -0.4 is 4.90 Å². The van der Waals surface area contributed by atoms with Crippen molar-refractivity contribution in [1.29, 1.82) is 0 Å². The fourth-order valence-corrected chi connectivity index (χ4v) is 1.35. The second-order valence-corrected chi connectivity index (χ2v) is 4.07. The van der Waals surface area contributed by atoms with Crippen LogP contribution in [0.3, 0.4) is 0 Å². The maximum atomic E-state index is 2.19. The van der Waals surface area contributed by atoms with Gasteiger partial charge < -0.3 is 4.90 Å². The van der Waals surface area contributed by atoms with Crippen molar-refractivity contribution < 1.29 is 0 Å². The second-order valence-electron chi connectivity index (χ2n) is 4.07. The Morgan fingerprint density at radius 3 is 2.31 bits per heavy atom. The van der Waals surface area contributed by atoms with Crippen molar-refractivity contribution in [2.24, 2.45) is 0 Å². The normalized spacial score (nSPS) is 12.8. The summed E-state index contributed by atoms with van der Waals surface area (Å²) >= 11 is 0. The van der Waals surface area contributed by atoms with Gasteiger partial charge >= 0.3 is 0 Å². The van der Waals surface area contributed by atoms with Crippen molar-refractivity contribution >= 4 is 5.69 Å². The Morgan fingerprint density at radius 1 is 1.12 bits per heavy atom. The van der Waals surface area contributed by atoms with Gasteiger partial charge in [-0.05, 0) is 38.5 Å². The van der Waals surface area contributed by atoms with Crippen molar-refractivity contribution in [3.8, 4) is 0 Å². The molecule has 0 fully saturated rings. The average molecular weight is 215 g/mol. The first-order chi connectivity index (χ1) is 7.65. The van der Waals surface area contributed by atoms with Gasteiger partial charge in [-0.2, -0.15) is 0 Å². The summed E-state index contributed by atoms with van der Waals surface area (Å²) in [6.45, 7) is 6.47. The number of para-hydroxylation sites is 1. The molecule has 0 radical (unpaired) electrons. The predicted molar refractivity (Wildman–Crippen MR) is 72.7 cm³/mol. The highest BCUT2D eigenvalue weighted by atomic mass is 15.1. The quantitative estimate of drug-likeness (QED) is 0.674. The summed E-state index contributed by atoms with van der Waals surface area (Å²) in [4.78, 5) is 2.19. The van der Waals surface area contributed by atoms with Gasteiger partial charge in [0.1, 0.15) is 0 Å². The minimum Gasteiger partial charge on any atom is -0.348 e. The molecule has 1 rings (SSSR count). The number of nitrogens with zero attached hydrogens (tertiary/aromatic N) is 1. The molecule has 0 aliphatic rings. The molecule has 0 amide bonds. The smallest absolute Gasteiger partial charge is 0.0405 e.